The average molecular weight is 272 g/mol. The highest BCUT2D eigenvalue weighted by Crippen LogP contribution is 2.24. The number of nitrogens with zero attached hydrogens (tertiary/aromatic N) is 1. The van der Waals surface area contributed by atoms with E-state index >= 15 is 0 Å². The molecule has 18 heavy (non-hydrogen) atoms. The molecule has 100 valence electrons. The van der Waals surface area contributed by atoms with Crippen molar-refractivity contribution in [3.05, 3.63) is 29.8 Å². The lowest BCUT2D eigenvalue weighted by atomic mass is 10.1. The van der Waals surface area contributed by atoms with E-state index in [4.69, 9.17) is 21.4 Å². The number of carbonyl (C=O) groups excluding carboxylic acids is 1. The Morgan fingerprint density at radius 2 is 2.06 bits per heavy atom. The maximum atomic E-state index is 12.1. The van der Waals surface area contributed by atoms with Gasteiger partial charge in [0.25, 0.3) is 0 Å². The average Bonchev–Trinajstić information content (AvgIpc) is 2.43. The highest BCUT2D eigenvalue weighted by atomic mass is 35.5. The number of hydrogen-bond donors (Lipinski definition) is 1. The summed E-state index contributed by atoms with van der Waals surface area (Å²) in [6.45, 7) is 2.62. The Labute approximate surface area is 112 Å². The fraction of sp³-hybridized carbons (Fsp3) is 0.462. The summed E-state index contributed by atoms with van der Waals surface area (Å²) in [5.74, 6) is 0.524. The summed E-state index contributed by atoms with van der Waals surface area (Å²) < 4.78 is 5.05. The van der Waals surface area contributed by atoms with E-state index in [-0.39, 0.29) is 12.5 Å². The molecule has 0 fully saturated rings. The van der Waals surface area contributed by atoms with Crippen molar-refractivity contribution in [1.82, 2.24) is 4.90 Å². The van der Waals surface area contributed by atoms with E-state index < -0.39 is 5.38 Å². The van der Waals surface area contributed by atoms with Crippen LogP contribution < -0.4 is 4.74 Å². The Bertz CT molecular complexity index is 380. The highest BCUT2D eigenvalue weighted by Gasteiger charge is 2.22. The lowest BCUT2D eigenvalue weighted by molar-refractivity contribution is -0.131. The minimum Gasteiger partial charge on any atom is -0.497 e. The highest BCUT2D eigenvalue weighted by molar-refractivity contribution is 6.30. The van der Waals surface area contributed by atoms with Crippen LogP contribution in [0.25, 0.3) is 0 Å². The first-order valence-electron chi connectivity index (χ1n) is 5.81. The van der Waals surface area contributed by atoms with E-state index in [0.29, 0.717) is 13.1 Å². The van der Waals surface area contributed by atoms with Gasteiger partial charge in [-0.15, -0.1) is 11.6 Å². The summed E-state index contributed by atoms with van der Waals surface area (Å²) in [5.41, 5.74) is 0.721. The number of aliphatic hydroxyl groups excluding tert-OH is 1. The number of benzene rings is 1. The van der Waals surface area contributed by atoms with E-state index in [2.05, 4.69) is 0 Å². The molecule has 1 N–H and O–H groups in total. The molecule has 1 unspecified atom stereocenters. The van der Waals surface area contributed by atoms with E-state index in [1.54, 1.807) is 31.4 Å². The third-order valence-corrected chi connectivity index (χ3v) is 3.13. The molecule has 0 aliphatic carbocycles. The number of halogens is 1. The minimum atomic E-state index is -0.734. The Morgan fingerprint density at radius 3 is 2.50 bits per heavy atom. The zero-order valence-electron chi connectivity index (χ0n) is 10.6. The predicted molar refractivity (Wildman–Crippen MR) is 70.9 cm³/mol. The zero-order valence-corrected chi connectivity index (χ0v) is 11.4. The Balaban J connectivity index is 2.78. The quantitative estimate of drug-likeness (QED) is 0.803. The molecule has 0 saturated carbocycles. The largest absolute Gasteiger partial charge is 0.497 e. The molecule has 0 aliphatic rings. The molecule has 1 atom stereocenters. The van der Waals surface area contributed by atoms with Crippen LogP contribution in [0.4, 0.5) is 0 Å². The summed E-state index contributed by atoms with van der Waals surface area (Å²) in [5, 5.41) is 8.15. The molecule has 0 saturated heterocycles. The summed E-state index contributed by atoms with van der Waals surface area (Å²) in [6.07, 6.45) is 0. The predicted octanol–water partition coefficient (Wildman–Crippen LogP) is 1.82. The molecule has 4 nitrogen and oxygen atoms in total. The van der Waals surface area contributed by atoms with Gasteiger partial charge in [-0.25, -0.2) is 0 Å². The summed E-state index contributed by atoms with van der Waals surface area (Å²) in [6, 6.07) is 7.06. The third kappa shape index (κ3) is 3.62. The molecule has 1 rings (SSSR count). The van der Waals surface area contributed by atoms with Gasteiger partial charge in [-0.3, -0.25) is 4.79 Å². The lowest BCUT2D eigenvalue weighted by Gasteiger charge is -2.22. The van der Waals surface area contributed by atoms with Crippen LogP contribution in [0.5, 0.6) is 5.75 Å². The van der Waals surface area contributed by atoms with Gasteiger partial charge in [0.1, 0.15) is 11.1 Å². The number of aliphatic hydroxyl groups is 1. The van der Waals surface area contributed by atoms with Crippen LogP contribution in [-0.2, 0) is 4.79 Å². The molecule has 0 radical (unpaired) electrons. The van der Waals surface area contributed by atoms with E-state index in [9.17, 15) is 4.79 Å². The normalized spacial score (nSPS) is 12.0. The van der Waals surface area contributed by atoms with Crippen molar-refractivity contribution in [2.24, 2.45) is 0 Å². The molecule has 1 aromatic carbocycles. The topological polar surface area (TPSA) is 49.8 Å². The second-order valence-electron chi connectivity index (χ2n) is 3.78. The molecule has 0 aromatic heterocycles. The summed E-state index contributed by atoms with van der Waals surface area (Å²) in [7, 11) is 1.58. The first-order chi connectivity index (χ1) is 8.63. The smallest absolute Gasteiger partial charge is 0.245 e. The Morgan fingerprint density at radius 1 is 1.44 bits per heavy atom. The third-order valence-electron chi connectivity index (χ3n) is 2.69. The molecule has 0 aliphatic heterocycles. The van der Waals surface area contributed by atoms with Crippen LogP contribution in [0.2, 0.25) is 0 Å². The van der Waals surface area contributed by atoms with Crippen LogP contribution >= 0.6 is 11.6 Å². The molecule has 0 heterocycles. The molecule has 1 amide bonds. The van der Waals surface area contributed by atoms with Crippen LogP contribution in [0.1, 0.15) is 17.9 Å². The van der Waals surface area contributed by atoms with Gasteiger partial charge in [-0.05, 0) is 24.6 Å². The van der Waals surface area contributed by atoms with Gasteiger partial charge in [0.05, 0.1) is 13.7 Å². The van der Waals surface area contributed by atoms with Crippen molar-refractivity contribution < 1.29 is 14.6 Å². The minimum absolute atomic E-state index is 0.0637. The van der Waals surface area contributed by atoms with E-state index in [1.165, 1.54) is 4.90 Å². The van der Waals surface area contributed by atoms with Crippen molar-refractivity contribution in [3.8, 4) is 5.75 Å². The number of amides is 1. The van der Waals surface area contributed by atoms with Crippen molar-refractivity contribution in [1.29, 1.82) is 0 Å². The molecule has 5 heteroatoms. The van der Waals surface area contributed by atoms with Crippen molar-refractivity contribution in [2.45, 2.75) is 12.3 Å². The molecule has 0 bridgehead atoms. The van der Waals surface area contributed by atoms with Gasteiger partial charge in [-0.1, -0.05) is 12.1 Å². The number of methoxy groups -OCH3 is 1. The van der Waals surface area contributed by atoms with Gasteiger partial charge in [0, 0.05) is 13.1 Å². The number of carbonyl (C=O) groups is 1. The number of alkyl halides is 1. The van der Waals surface area contributed by atoms with Crippen LogP contribution in [0.3, 0.4) is 0 Å². The van der Waals surface area contributed by atoms with Gasteiger partial charge >= 0.3 is 0 Å². The molecule has 1 aromatic rings. The fourth-order valence-corrected chi connectivity index (χ4v) is 1.90. The monoisotopic (exact) mass is 271 g/mol. The van der Waals surface area contributed by atoms with Crippen molar-refractivity contribution >= 4 is 17.5 Å². The van der Waals surface area contributed by atoms with Gasteiger partial charge < -0.3 is 14.7 Å². The van der Waals surface area contributed by atoms with Crippen LogP contribution in [0.15, 0.2) is 24.3 Å². The van der Waals surface area contributed by atoms with Gasteiger partial charge in [0.2, 0.25) is 5.91 Å². The van der Waals surface area contributed by atoms with E-state index in [1.807, 2.05) is 6.92 Å². The summed E-state index contributed by atoms with van der Waals surface area (Å²) in [4.78, 5) is 13.6. The molecular formula is C13H18ClNO3. The fourth-order valence-electron chi connectivity index (χ4n) is 1.62. The lowest BCUT2D eigenvalue weighted by Crippen LogP contribution is -2.35. The number of likely N-dealkylation sites (N-methyl/N-ethyl adjacent to an activating group) is 1. The first-order valence-corrected chi connectivity index (χ1v) is 6.25. The second-order valence-corrected chi connectivity index (χ2v) is 4.21. The van der Waals surface area contributed by atoms with Crippen molar-refractivity contribution in [3.63, 3.8) is 0 Å². The maximum Gasteiger partial charge on any atom is 0.245 e. The molecule has 0 spiro atoms. The molecular weight excluding hydrogens is 254 g/mol. The first kappa shape index (κ1) is 14.8. The number of hydrogen-bond acceptors (Lipinski definition) is 3. The van der Waals surface area contributed by atoms with E-state index in [0.717, 1.165) is 11.3 Å². The van der Waals surface area contributed by atoms with Crippen LogP contribution in [-0.4, -0.2) is 42.7 Å². The number of rotatable bonds is 6. The maximum absolute atomic E-state index is 12.1. The van der Waals surface area contributed by atoms with Gasteiger partial charge in [0.15, 0.2) is 0 Å². The standard InChI is InChI=1S/C13H18ClNO3/c1-3-15(8-9-16)13(17)12(14)10-4-6-11(18-2)7-5-10/h4-7,12,16H,3,8-9H2,1-2H3. The Kier molecular flexibility index (Phi) is 5.95. The Hall–Kier alpha value is -1.26. The zero-order chi connectivity index (χ0) is 13.5. The SMILES string of the molecule is CCN(CCO)C(=O)C(Cl)c1ccc(OC)cc1. The van der Waals surface area contributed by atoms with Crippen molar-refractivity contribution in [2.75, 3.05) is 26.8 Å². The summed E-state index contributed by atoms with van der Waals surface area (Å²) >= 11 is 6.15. The van der Waals surface area contributed by atoms with Crippen LogP contribution in [0, 0.1) is 0 Å². The number of ether oxygens (including phenoxy) is 1. The second kappa shape index (κ2) is 7.24. The van der Waals surface area contributed by atoms with Gasteiger partial charge in [-0.2, -0.15) is 0 Å².